The summed E-state index contributed by atoms with van der Waals surface area (Å²) in [4.78, 5) is 16.4. The Morgan fingerprint density at radius 1 is 0.966 bits per heavy atom. The van der Waals surface area contributed by atoms with Crippen LogP contribution in [0.4, 0.5) is 10.5 Å². The molecule has 2 aromatic rings. The van der Waals surface area contributed by atoms with Crippen molar-refractivity contribution in [1.82, 2.24) is 10.2 Å². The van der Waals surface area contributed by atoms with Crippen molar-refractivity contribution in [2.24, 2.45) is 0 Å². The van der Waals surface area contributed by atoms with E-state index in [0.29, 0.717) is 13.1 Å². The number of hydrogen-bond donors (Lipinski definition) is 1. The van der Waals surface area contributed by atoms with Gasteiger partial charge >= 0.3 is 6.09 Å². The summed E-state index contributed by atoms with van der Waals surface area (Å²) in [6, 6.07) is 19.2. The molecule has 1 N–H and O–H groups in total. The van der Waals surface area contributed by atoms with E-state index in [-0.39, 0.29) is 6.09 Å². The van der Waals surface area contributed by atoms with Crippen LogP contribution in [0.25, 0.3) is 0 Å². The van der Waals surface area contributed by atoms with E-state index in [1.807, 2.05) is 20.8 Å². The van der Waals surface area contributed by atoms with Gasteiger partial charge in [-0.15, -0.1) is 0 Å². The Labute approximate surface area is 174 Å². The Bertz CT molecular complexity index is 778. The number of amides is 1. The van der Waals surface area contributed by atoms with Crippen LogP contribution in [0.5, 0.6) is 0 Å². The molecule has 0 spiro atoms. The second-order valence-electron chi connectivity index (χ2n) is 8.54. The maximum absolute atomic E-state index is 12.2. The standard InChI is InChI=1S/C24H33N3O2/c1-24(2,3)29-23(28)27-16-14-26(15-17-27)22-11-7-10-21(18-22)19-25-13-12-20-8-5-4-6-9-20/h4-11,18,25H,12-17,19H2,1-3H3. The van der Waals surface area contributed by atoms with Crippen LogP contribution in [-0.4, -0.2) is 49.3 Å². The molecule has 0 aromatic heterocycles. The lowest BCUT2D eigenvalue weighted by Gasteiger charge is -2.36. The fourth-order valence-electron chi connectivity index (χ4n) is 3.45. The molecule has 0 radical (unpaired) electrons. The van der Waals surface area contributed by atoms with E-state index in [2.05, 4.69) is 64.8 Å². The number of anilines is 1. The number of nitrogens with zero attached hydrogens (tertiary/aromatic N) is 2. The summed E-state index contributed by atoms with van der Waals surface area (Å²) in [6.07, 6.45) is 0.821. The summed E-state index contributed by atoms with van der Waals surface area (Å²) in [5, 5.41) is 3.54. The average molecular weight is 396 g/mol. The van der Waals surface area contributed by atoms with Gasteiger partial charge in [0.1, 0.15) is 5.60 Å². The van der Waals surface area contributed by atoms with Crippen LogP contribution in [-0.2, 0) is 17.7 Å². The zero-order valence-corrected chi connectivity index (χ0v) is 17.9. The normalized spacial score (nSPS) is 14.7. The molecule has 0 atom stereocenters. The van der Waals surface area contributed by atoms with Crippen molar-refractivity contribution in [2.45, 2.75) is 39.3 Å². The van der Waals surface area contributed by atoms with E-state index in [9.17, 15) is 4.79 Å². The highest BCUT2D eigenvalue weighted by Gasteiger charge is 2.25. The van der Waals surface area contributed by atoms with Gasteiger partial charge in [-0.05, 0) is 57.0 Å². The van der Waals surface area contributed by atoms with Gasteiger partial charge in [0, 0.05) is 38.4 Å². The molecule has 1 heterocycles. The topological polar surface area (TPSA) is 44.8 Å². The quantitative estimate of drug-likeness (QED) is 0.749. The van der Waals surface area contributed by atoms with Gasteiger partial charge in [-0.1, -0.05) is 42.5 Å². The Morgan fingerprint density at radius 2 is 1.66 bits per heavy atom. The molecular formula is C24H33N3O2. The molecule has 29 heavy (non-hydrogen) atoms. The van der Waals surface area contributed by atoms with Crippen molar-refractivity contribution >= 4 is 11.8 Å². The van der Waals surface area contributed by atoms with Crippen molar-refractivity contribution in [3.63, 3.8) is 0 Å². The molecule has 3 rings (SSSR count). The Morgan fingerprint density at radius 3 is 2.34 bits per heavy atom. The molecule has 5 nitrogen and oxygen atoms in total. The van der Waals surface area contributed by atoms with E-state index in [0.717, 1.165) is 32.6 Å². The molecule has 2 aromatic carbocycles. The minimum absolute atomic E-state index is 0.214. The molecule has 1 aliphatic rings. The average Bonchev–Trinajstić information content (AvgIpc) is 2.71. The molecule has 0 saturated carbocycles. The van der Waals surface area contributed by atoms with Crippen LogP contribution in [0.15, 0.2) is 54.6 Å². The van der Waals surface area contributed by atoms with Crippen LogP contribution in [0.3, 0.4) is 0 Å². The Hall–Kier alpha value is -2.53. The first kappa shape index (κ1) is 21.2. The van der Waals surface area contributed by atoms with Gasteiger partial charge in [-0.3, -0.25) is 0 Å². The van der Waals surface area contributed by atoms with Crippen LogP contribution in [0, 0.1) is 0 Å². The number of hydrogen-bond acceptors (Lipinski definition) is 4. The third kappa shape index (κ3) is 6.79. The van der Waals surface area contributed by atoms with Gasteiger partial charge in [-0.25, -0.2) is 4.79 Å². The van der Waals surface area contributed by atoms with Crippen LogP contribution < -0.4 is 10.2 Å². The van der Waals surface area contributed by atoms with Gasteiger partial charge in [0.25, 0.3) is 0 Å². The van der Waals surface area contributed by atoms with Crippen LogP contribution >= 0.6 is 0 Å². The number of benzene rings is 2. The molecule has 0 unspecified atom stereocenters. The summed E-state index contributed by atoms with van der Waals surface area (Å²) < 4.78 is 5.48. The molecule has 1 fully saturated rings. The van der Waals surface area contributed by atoms with Gasteiger partial charge in [0.15, 0.2) is 0 Å². The van der Waals surface area contributed by atoms with Crippen molar-refractivity contribution in [3.05, 3.63) is 65.7 Å². The number of rotatable bonds is 6. The van der Waals surface area contributed by atoms with Gasteiger partial charge < -0.3 is 19.9 Å². The third-order valence-electron chi connectivity index (χ3n) is 4.97. The van der Waals surface area contributed by atoms with E-state index < -0.39 is 5.60 Å². The minimum Gasteiger partial charge on any atom is -0.444 e. The summed E-state index contributed by atoms with van der Waals surface area (Å²) in [6.45, 7) is 10.6. The summed E-state index contributed by atoms with van der Waals surface area (Å²) in [7, 11) is 0. The second-order valence-corrected chi connectivity index (χ2v) is 8.54. The van der Waals surface area contributed by atoms with Gasteiger partial charge in [0.05, 0.1) is 0 Å². The second kappa shape index (κ2) is 9.79. The predicted molar refractivity (Wildman–Crippen MR) is 118 cm³/mol. The third-order valence-corrected chi connectivity index (χ3v) is 4.97. The highest BCUT2D eigenvalue weighted by molar-refractivity contribution is 5.68. The van der Waals surface area contributed by atoms with Gasteiger partial charge in [0.2, 0.25) is 0 Å². The smallest absolute Gasteiger partial charge is 0.410 e. The van der Waals surface area contributed by atoms with E-state index in [1.165, 1.54) is 16.8 Å². The minimum atomic E-state index is -0.448. The Kier molecular flexibility index (Phi) is 7.15. The predicted octanol–water partition coefficient (Wildman–Crippen LogP) is 4.08. The van der Waals surface area contributed by atoms with Crippen LogP contribution in [0.2, 0.25) is 0 Å². The number of carbonyl (C=O) groups excluding carboxylic acids is 1. The lowest BCUT2D eigenvalue weighted by atomic mass is 10.1. The van der Waals surface area contributed by atoms with E-state index in [4.69, 9.17) is 4.74 Å². The molecule has 1 amide bonds. The van der Waals surface area contributed by atoms with Crippen molar-refractivity contribution < 1.29 is 9.53 Å². The maximum atomic E-state index is 12.2. The lowest BCUT2D eigenvalue weighted by Crippen LogP contribution is -2.50. The van der Waals surface area contributed by atoms with Crippen molar-refractivity contribution in [3.8, 4) is 0 Å². The first-order valence-electron chi connectivity index (χ1n) is 10.5. The highest BCUT2D eigenvalue weighted by atomic mass is 16.6. The zero-order valence-electron chi connectivity index (χ0n) is 17.9. The number of carbonyl (C=O) groups is 1. The highest BCUT2D eigenvalue weighted by Crippen LogP contribution is 2.19. The fraction of sp³-hybridized carbons (Fsp3) is 0.458. The van der Waals surface area contributed by atoms with Crippen LogP contribution in [0.1, 0.15) is 31.9 Å². The number of piperazine rings is 1. The maximum Gasteiger partial charge on any atom is 0.410 e. The number of ether oxygens (including phenoxy) is 1. The largest absolute Gasteiger partial charge is 0.444 e. The summed E-state index contributed by atoms with van der Waals surface area (Å²) >= 11 is 0. The molecule has 0 bridgehead atoms. The van der Waals surface area contributed by atoms with Crippen molar-refractivity contribution in [2.75, 3.05) is 37.6 Å². The molecule has 0 aliphatic carbocycles. The summed E-state index contributed by atoms with van der Waals surface area (Å²) in [5.41, 5.74) is 3.41. The van der Waals surface area contributed by atoms with E-state index >= 15 is 0 Å². The fourth-order valence-corrected chi connectivity index (χ4v) is 3.45. The molecule has 5 heteroatoms. The van der Waals surface area contributed by atoms with Gasteiger partial charge in [-0.2, -0.15) is 0 Å². The zero-order chi connectivity index (χ0) is 20.7. The lowest BCUT2D eigenvalue weighted by molar-refractivity contribution is 0.0240. The summed E-state index contributed by atoms with van der Waals surface area (Å²) in [5.74, 6) is 0. The molecule has 156 valence electrons. The first-order chi connectivity index (χ1) is 13.9. The van der Waals surface area contributed by atoms with Crippen molar-refractivity contribution in [1.29, 1.82) is 0 Å². The molecule has 1 saturated heterocycles. The van der Waals surface area contributed by atoms with E-state index in [1.54, 1.807) is 4.90 Å². The monoisotopic (exact) mass is 395 g/mol. The first-order valence-corrected chi connectivity index (χ1v) is 10.5. The Balaban J connectivity index is 1.45. The molecule has 1 aliphatic heterocycles. The number of nitrogens with one attached hydrogen (secondary N) is 1. The SMILES string of the molecule is CC(C)(C)OC(=O)N1CCN(c2cccc(CNCCc3ccccc3)c2)CC1. The molecular weight excluding hydrogens is 362 g/mol.